The fourth-order valence-electron chi connectivity index (χ4n) is 2.63. The maximum atomic E-state index is 12.4. The number of nitrogens with zero attached hydrogens (tertiary/aromatic N) is 1. The molecule has 29 heavy (non-hydrogen) atoms. The number of nitrogens with one attached hydrogen (secondary N) is 1. The van der Waals surface area contributed by atoms with E-state index in [1.165, 1.54) is 17.6 Å². The summed E-state index contributed by atoms with van der Waals surface area (Å²) in [4.78, 5) is 16.9. The number of thiazole rings is 1. The van der Waals surface area contributed by atoms with E-state index in [4.69, 9.17) is 4.74 Å². The molecule has 1 aromatic heterocycles. The van der Waals surface area contributed by atoms with Crippen LogP contribution in [0.15, 0.2) is 53.9 Å². The fourth-order valence-corrected chi connectivity index (χ4v) is 4.14. The number of carbonyl (C=O) groups is 1. The molecule has 152 valence electrons. The van der Waals surface area contributed by atoms with Gasteiger partial charge in [0.1, 0.15) is 5.75 Å². The summed E-state index contributed by atoms with van der Waals surface area (Å²) in [5.41, 5.74) is 2.80. The summed E-state index contributed by atoms with van der Waals surface area (Å²) in [5.74, 6) is 0.478. The normalized spacial score (nSPS) is 11.2. The van der Waals surface area contributed by atoms with Crippen LogP contribution in [0.1, 0.15) is 29.3 Å². The molecule has 0 saturated carbocycles. The van der Waals surface area contributed by atoms with Crippen LogP contribution in [0.3, 0.4) is 0 Å². The molecule has 0 fully saturated rings. The summed E-state index contributed by atoms with van der Waals surface area (Å²) in [6, 6.07) is 14.2. The Morgan fingerprint density at radius 3 is 2.41 bits per heavy atom. The molecule has 8 heteroatoms. The highest BCUT2D eigenvalue weighted by Crippen LogP contribution is 2.27. The second-order valence-electron chi connectivity index (χ2n) is 6.63. The Hall–Kier alpha value is -2.71. The molecule has 1 amide bonds. The van der Waals surface area contributed by atoms with Crippen LogP contribution in [-0.4, -0.2) is 32.2 Å². The minimum absolute atomic E-state index is 0.0486. The number of anilines is 1. The van der Waals surface area contributed by atoms with Gasteiger partial charge in [-0.25, -0.2) is 13.4 Å². The van der Waals surface area contributed by atoms with Crippen LogP contribution in [0, 0.1) is 0 Å². The number of hydrogen-bond donors (Lipinski definition) is 1. The van der Waals surface area contributed by atoms with E-state index in [2.05, 4.69) is 17.2 Å². The van der Waals surface area contributed by atoms with Gasteiger partial charge in [0.15, 0.2) is 15.0 Å². The van der Waals surface area contributed by atoms with Crippen LogP contribution in [0.4, 0.5) is 5.13 Å². The predicted molar refractivity (Wildman–Crippen MR) is 116 cm³/mol. The highest BCUT2D eigenvalue weighted by molar-refractivity contribution is 7.89. The quantitative estimate of drug-likeness (QED) is 0.573. The van der Waals surface area contributed by atoms with Gasteiger partial charge >= 0.3 is 0 Å². The van der Waals surface area contributed by atoms with E-state index in [0.717, 1.165) is 23.4 Å². The molecule has 0 aliphatic carbocycles. The molecule has 0 saturated heterocycles. The molecule has 0 radical (unpaired) electrons. The third-order valence-corrected chi connectivity index (χ3v) is 5.61. The molecule has 6 nitrogen and oxygen atoms in total. The maximum Gasteiger partial charge on any atom is 0.257 e. The lowest BCUT2D eigenvalue weighted by Crippen LogP contribution is -2.11. The first-order valence-corrected chi connectivity index (χ1v) is 12.0. The largest absolute Gasteiger partial charge is 0.494 e. The zero-order chi connectivity index (χ0) is 20.9. The zero-order valence-corrected chi connectivity index (χ0v) is 17.8. The lowest BCUT2D eigenvalue weighted by molar-refractivity contribution is 0.102. The molecule has 1 N–H and O–H groups in total. The molecule has 3 rings (SSSR count). The number of sulfone groups is 1. The van der Waals surface area contributed by atoms with Crippen molar-refractivity contribution < 1.29 is 17.9 Å². The Kier molecular flexibility index (Phi) is 6.66. The average Bonchev–Trinajstić information content (AvgIpc) is 3.14. The van der Waals surface area contributed by atoms with Crippen LogP contribution in [0.25, 0.3) is 11.3 Å². The van der Waals surface area contributed by atoms with Gasteiger partial charge in [-0.15, -0.1) is 11.3 Å². The molecule has 0 aliphatic rings. The van der Waals surface area contributed by atoms with E-state index in [0.29, 0.717) is 22.9 Å². The van der Waals surface area contributed by atoms with Crippen LogP contribution in [0.5, 0.6) is 5.75 Å². The van der Waals surface area contributed by atoms with Crippen molar-refractivity contribution in [3.63, 3.8) is 0 Å². The minimum Gasteiger partial charge on any atom is -0.494 e. The van der Waals surface area contributed by atoms with Crippen LogP contribution in [0.2, 0.25) is 0 Å². The third-order valence-electron chi connectivity index (χ3n) is 3.99. The summed E-state index contributed by atoms with van der Waals surface area (Å²) >= 11 is 1.34. The Morgan fingerprint density at radius 1 is 1.10 bits per heavy atom. The van der Waals surface area contributed by atoms with E-state index < -0.39 is 9.84 Å². The first-order chi connectivity index (χ1) is 13.8. The molecule has 3 aromatic rings. The van der Waals surface area contributed by atoms with E-state index >= 15 is 0 Å². The molecule has 1 heterocycles. The molecule has 2 aromatic carbocycles. The molecule has 0 bridgehead atoms. The van der Waals surface area contributed by atoms with Gasteiger partial charge in [-0.2, -0.15) is 0 Å². The van der Waals surface area contributed by atoms with E-state index in [9.17, 15) is 13.2 Å². The highest BCUT2D eigenvalue weighted by Gasteiger charge is 2.11. The van der Waals surface area contributed by atoms with E-state index in [1.807, 2.05) is 29.6 Å². The molecule has 0 aliphatic heterocycles. The lowest BCUT2D eigenvalue weighted by atomic mass is 10.1. The van der Waals surface area contributed by atoms with Gasteiger partial charge < -0.3 is 4.74 Å². The maximum absolute atomic E-state index is 12.4. The minimum atomic E-state index is -3.11. The van der Waals surface area contributed by atoms with Crippen molar-refractivity contribution in [1.29, 1.82) is 0 Å². The monoisotopic (exact) mass is 430 g/mol. The first-order valence-electron chi connectivity index (χ1n) is 9.11. The van der Waals surface area contributed by atoms with Crippen LogP contribution in [-0.2, 0) is 15.6 Å². The zero-order valence-electron chi connectivity index (χ0n) is 16.2. The van der Waals surface area contributed by atoms with Gasteiger partial charge in [0.2, 0.25) is 0 Å². The summed E-state index contributed by atoms with van der Waals surface area (Å²) in [6.45, 7) is 2.74. The molecular weight excluding hydrogens is 408 g/mol. The Labute approximate surface area is 174 Å². The van der Waals surface area contributed by atoms with Crippen molar-refractivity contribution in [2.75, 3.05) is 18.2 Å². The Balaban J connectivity index is 1.64. The molecule has 0 unspecified atom stereocenters. The van der Waals surface area contributed by atoms with Gasteiger partial charge in [-0.1, -0.05) is 19.1 Å². The SMILES string of the molecule is CCCOc1ccc(-c2csc(NC(=O)c3ccc(CS(C)(=O)=O)cc3)n2)cc1. The van der Waals surface area contributed by atoms with Crippen molar-refractivity contribution >= 4 is 32.2 Å². The fraction of sp³-hybridized carbons (Fsp3) is 0.238. The number of hydrogen-bond acceptors (Lipinski definition) is 6. The van der Waals surface area contributed by atoms with Gasteiger partial charge in [0.25, 0.3) is 5.91 Å². The second kappa shape index (κ2) is 9.19. The van der Waals surface area contributed by atoms with Crippen molar-refractivity contribution in [2.45, 2.75) is 19.1 Å². The van der Waals surface area contributed by atoms with Gasteiger partial charge in [-0.3, -0.25) is 10.1 Å². The van der Waals surface area contributed by atoms with E-state index in [-0.39, 0.29) is 11.7 Å². The molecule has 0 atom stereocenters. The number of amides is 1. The summed E-state index contributed by atoms with van der Waals surface area (Å²) in [7, 11) is -3.11. The molecule has 0 spiro atoms. The predicted octanol–water partition coefficient (Wildman–Crippen LogP) is 4.40. The number of rotatable bonds is 8. The summed E-state index contributed by atoms with van der Waals surface area (Å²) < 4.78 is 28.3. The highest BCUT2D eigenvalue weighted by atomic mass is 32.2. The topological polar surface area (TPSA) is 85.4 Å². The number of ether oxygens (including phenoxy) is 1. The van der Waals surface area contributed by atoms with Gasteiger partial charge in [0, 0.05) is 22.8 Å². The van der Waals surface area contributed by atoms with Crippen LogP contribution >= 0.6 is 11.3 Å². The Bertz CT molecular complexity index is 1070. The van der Waals surface area contributed by atoms with E-state index in [1.54, 1.807) is 24.3 Å². The summed E-state index contributed by atoms with van der Waals surface area (Å²) in [5, 5.41) is 5.16. The number of benzene rings is 2. The number of carbonyl (C=O) groups excluding carboxylic acids is 1. The van der Waals surface area contributed by atoms with Gasteiger partial charge in [0.05, 0.1) is 18.1 Å². The molecular formula is C21H22N2O4S2. The average molecular weight is 431 g/mol. The van der Waals surface area contributed by atoms with Crippen LogP contribution < -0.4 is 10.1 Å². The van der Waals surface area contributed by atoms with Crippen molar-refractivity contribution in [3.8, 4) is 17.0 Å². The third kappa shape index (κ3) is 6.13. The van der Waals surface area contributed by atoms with Crippen molar-refractivity contribution in [1.82, 2.24) is 4.98 Å². The van der Waals surface area contributed by atoms with Crippen molar-refractivity contribution in [3.05, 3.63) is 65.0 Å². The van der Waals surface area contributed by atoms with Gasteiger partial charge in [-0.05, 0) is 48.4 Å². The van der Waals surface area contributed by atoms with Crippen molar-refractivity contribution in [2.24, 2.45) is 0 Å². The lowest BCUT2D eigenvalue weighted by Gasteiger charge is -2.05. The Morgan fingerprint density at radius 2 is 1.79 bits per heavy atom. The smallest absolute Gasteiger partial charge is 0.257 e. The summed E-state index contributed by atoms with van der Waals surface area (Å²) in [6.07, 6.45) is 2.14. The standard InChI is InChI=1S/C21H22N2O4S2/c1-3-12-27-18-10-8-16(9-11-18)19-13-28-21(22-19)23-20(24)17-6-4-15(5-7-17)14-29(2,25)26/h4-11,13H,3,12,14H2,1-2H3,(H,22,23,24). The number of aromatic nitrogens is 1. The second-order valence-corrected chi connectivity index (χ2v) is 9.63. The first kappa shape index (κ1) is 21.0.